The maximum absolute atomic E-state index is 11.6. The lowest BCUT2D eigenvalue weighted by molar-refractivity contribution is -0.133. The molecular formula is C30H41ClN10O2. The monoisotopic (exact) mass is 608 g/mol. The standard InChI is InChI=1S/C16H21N5O2.C14H19N5.ClH/c1-20(16-13-2-3-17-15(13)18-9-19-16)12-4-10-6-21(14(23)8-22)7-11(10)5-12;1-19(11-4-9-6-15-7-10(9)5-11)14-12-2-3-16-13(12)17-8-18-14;/h2-3,9-12,22H,4-8H2,1H3,(H,17,18,19);2-3,8-11,15H,4-7H2,1H3,(H,16,17,18);1H/t10-,11+,12?;9-,10+,11?;. The van der Waals surface area contributed by atoms with Crippen molar-refractivity contribution < 1.29 is 9.90 Å². The molecule has 6 atom stereocenters. The summed E-state index contributed by atoms with van der Waals surface area (Å²) in [6, 6.07) is 5.13. The van der Waals surface area contributed by atoms with Gasteiger partial charge in [0.05, 0.1) is 10.8 Å². The van der Waals surface area contributed by atoms with Gasteiger partial charge in [0.2, 0.25) is 5.91 Å². The molecule has 6 heterocycles. The van der Waals surface area contributed by atoms with Crippen LogP contribution in [0.15, 0.2) is 37.2 Å². The summed E-state index contributed by atoms with van der Waals surface area (Å²) in [5.41, 5.74) is 1.79. The number of aromatic amines is 2. The third kappa shape index (κ3) is 5.51. The number of halogens is 1. The largest absolute Gasteiger partial charge is 0.387 e. The minimum atomic E-state index is -0.380. The van der Waals surface area contributed by atoms with Crippen molar-refractivity contribution in [1.82, 2.24) is 40.1 Å². The predicted molar refractivity (Wildman–Crippen MR) is 168 cm³/mol. The van der Waals surface area contributed by atoms with Gasteiger partial charge in [0.15, 0.2) is 0 Å². The maximum atomic E-state index is 11.6. The minimum Gasteiger partial charge on any atom is -0.387 e. The van der Waals surface area contributed by atoms with Crippen molar-refractivity contribution in [3.63, 3.8) is 0 Å². The van der Waals surface area contributed by atoms with E-state index >= 15 is 0 Å². The van der Waals surface area contributed by atoms with E-state index in [0.717, 1.165) is 71.5 Å². The number of hydrogen-bond acceptors (Lipinski definition) is 9. The van der Waals surface area contributed by atoms with E-state index in [-0.39, 0.29) is 24.9 Å². The van der Waals surface area contributed by atoms with Crippen molar-refractivity contribution in [2.24, 2.45) is 23.7 Å². The number of nitrogens with zero attached hydrogens (tertiary/aromatic N) is 7. The summed E-state index contributed by atoms with van der Waals surface area (Å²) >= 11 is 0. The highest BCUT2D eigenvalue weighted by Gasteiger charge is 2.44. The number of aromatic nitrogens is 6. The summed E-state index contributed by atoms with van der Waals surface area (Å²) in [6.07, 6.45) is 11.8. The number of aliphatic hydroxyl groups is 1. The van der Waals surface area contributed by atoms with Crippen LogP contribution in [0.3, 0.4) is 0 Å². The minimum absolute atomic E-state index is 0. The Kier molecular flexibility index (Phi) is 8.43. The van der Waals surface area contributed by atoms with Crippen LogP contribution in [0, 0.1) is 23.7 Å². The van der Waals surface area contributed by atoms with Crippen LogP contribution in [0.25, 0.3) is 22.1 Å². The third-order valence-corrected chi connectivity index (χ3v) is 10.3. The van der Waals surface area contributed by atoms with E-state index in [1.165, 1.54) is 25.9 Å². The van der Waals surface area contributed by atoms with Crippen LogP contribution in [-0.2, 0) is 4.79 Å². The molecule has 1 amide bonds. The second-order valence-corrected chi connectivity index (χ2v) is 12.5. The molecule has 13 heteroatoms. The fourth-order valence-electron chi connectivity index (χ4n) is 7.96. The fraction of sp³-hybridized carbons (Fsp3) is 0.567. The zero-order chi connectivity index (χ0) is 28.8. The van der Waals surface area contributed by atoms with Gasteiger partial charge in [0.1, 0.15) is 42.2 Å². The number of anilines is 2. The Balaban J connectivity index is 0.000000152. The van der Waals surface area contributed by atoms with Crippen LogP contribution in [0.1, 0.15) is 25.7 Å². The summed E-state index contributed by atoms with van der Waals surface area (Å²) in [7, 11) is 4.27. The van der Waals surface area contributed by atoms with Crippen molar-refractivity contribution >= 4 is 52.0 Å². The van der Waals surface area contributed by atoms with Crippen LogP contribution in [-0.4, -0.2) is 105 Å². The number of aliphatic hydroxyl groups excluding tert-OH is 1. The molecule has 4 fully saturated rings. The van der Waals surface area contributed by atoms with Gasteiger partial charge in [0, 0.05) is 51.7 Å². The highest BCUT2D eigenvalue weighted by molar-refractivity contribution is 5.88. The topological polar surface area (TPSA) is 142 Å². The number of carbonyl (C=O) groups is 1. The van der Waals surface area contributed by atoms with E-state index in [1.54, 1.807) is 17.6 Å². The summed E-state index contributed by atoms with van der Waals surface area (Å²) in [6.45, 7) is 3.56. The molecule has 43 heavy (non-hydrogen) atoms. The molecule has 230 valence electrons. The van der Waals surface area contributed by atoms with Crippen molar-refractivity contribution in [2.45, 2.75) is 37.8 Å². The second-order valence-electron chi connectivity index (χ2n) is 12.5. The van der Waals surface area contributed by atoms with Crippen LogP contribution < -0.4 is 15.1 Å². The molecule has 0 bridgehead atoms. The number of rotatable bonds is 5. The molecule has 2 unspecified atom stereocenters. The molecule has 2 aliphatic heterocycles. The molecule has 2 saturated heterocycles. The molecule has 0 aromatic carbocycles. The van der Waals surface area contributed by atoms with Crippen LogP contribution >= 0.6 is 12.4 Å². The van der Waals surface area contributed by atoms with E-state index in [1.807, 2.05) is 18.5 Å². The van der Waals surface area contributed by atoms with Crippen molar-refractivity contribution in [2.75, 3.05) is 56.7 Å². The Morgan fingerprint density at radius 1 is 0.814 bits per heavy atom. The number of fused-ring (bicyclic) bond motifs is 4. The summed E-state index contributed by atoms with van der Waals surface area (Å²) < 4.78 is 0. The van der Waals surface area contributed by atoms with Crippen molar-refractivity contribution in [3.8, 4) is 0 Å². The fourth-order valence-corrected chi connectivity index (χ4v) is 7.96. The Morgan fingerprint density at radius 3 is 1.74 bits per heavy atom. The highest BCUT2D eigenvalue weighted by Crippen LogP contribution is 2.41. The summed E-state index contributed by atoms with van der Waals surface area (Å²) in [5, 5.41) is 14.7. The van der Waals surface area contributed by atoms with E-state index < -0.39 is 0 Å². The smallest absolute Gasteiger partial charge is 0.248 e. The second kappa shape index (κ2) is 12.3. The van der Waals surface area contributed by atoms with Gasteiger partial charge in [0.25, 0.3) is 0 Å². The average Bonchev–Trinajstić information content (AvgIpc) is 3.83. The van der Waals surface area contributed by atoms with Gasteiger partial charge in [-0.1, -0.05) is 0 Å². The molecule has 12 nitrogen and oxygen atoms in total. The number of H-pyrrole nitrogens is 2. The molecule has 0 radical (unpaired) electrons. The van der Waals surface area contributed by atoms with E-state index in [9.17, 15) is 4.79 Å². The first-order chi connectivity index (χ1) is 20.5. The Morgan fingerprint density at radius 2 is 1.28 bits per heavy atom. The zero-order valence-electron chi connectivity index (χ0n) is 24.7. The summed E-state index contributed by atoms with van der Waals surface area (Å²) in [5.74, 6) is 4.65. The van der Waals surface area contributed by atoms with E-state index in [2.05, 4.69) is 65.2 Å². The van der Waals surface area contributed by atoms with Gasteiger partial charge in [-0.15, -0.1) is 12.4 Å². The van der Waals surface area contributed by atoms with Gasteiger partial charge < -0.3 is 35.1 Å². The zero-order valence-corrected chi connectivity index (χ0v) is 25.5. The lowest BCUT2D eigenvalue weighted by atomic mass is 10.0. The molecule has 4 N–H and O–H groups in total. The quantitative estimate of drug-likeness (QED) is 0.269. The Hall–Kier alpha value is -3.48. The molecule has 8 rings (SSSR count). The van der Waals surface area contributed by atoms with Crippen molar-refractivity contribution in [3.05, 3.63) is 37.2 Å². The van der Waals surface area contributed by atoms with E-state index in [0.29, 0.717) is 23.9 Å². The lowest BCUT2D eigenvalue weighted by Gasteiger charge is -2.27. The van der Waals surface area contributed by atoms with Gasteiger partial charge >= 0.3 is 0 Å². The number of amides is 1. The van der Waals surface area contributed by atoms with Crippen LogP contribution in [0.5, 0.6) is 0 Å². The third-order valence-electron chi connectivity index (χ3n) is 10.3. The molecule has 4 aromatic rings. The Labute approximate surface area is 257 Å². The lowest BCUT2D eigenvalue weighted by Crippen LogP contribution is -2.35. The Bertz CT molecular complexity index is 1530. The van der Waals surface area contributed by atoms with Gasteiger partial charge in [-0.25, -0.2) is 19.9 Å². The number of likely N-dealkylation sites (tertiary alicyclic amines) is 1. The number of carbonyl (C=O) groups excluding carboxylic acids is 1. The highest BCUT2D eigenvalue weighted by atomic mass is 35.5. The normalized spacial score (nSPS) is 27.5. The number of hydrogen-bond donors (Lipinski definition) is 4. The maximum Gasteiger partial charge on any atom is 0.248 e. The molecule has 4 aliphatic rings. The first kappa shape index (κ1) is 29.6. The predicted octanol–water partition coefficient (Wildman–Crippen LogP) is 2.44. The SMILES string of the molecule is CN(c1ncnc2[nH]ccc12)C1C[C@@H]2CN(C(=O)CO)C[C@@H]2C1.CN(c1ncnc2[nH]ccc12)C1C[C@H]2CNC[C@H]2C1.Cl. The first-order valence-corrected chi connectivity index (χ1v) is 15.1. The summed E-state index contributed by atoms with van der Waals surface area (Å²) in [4.78, 5) is 41.8. The van der Waals surface area contributed by atoms with Crippen LogP contribution in [0.2, 0.25) is 0 Å². The van der Waals surface area contributed by atoms with Gasteiger partial charge in [-0.3, -0.25) is 4.79 Å². The molecular weight excluding hydrogens is 568 g/mol. The molecule has 0 spiro atoms. The first-order valence-electron chi connectivity index (χ1n) is 15.1. The number of nitrogens with one attached hydrogen (secondary N) is 3. The average molecular weight is 609 g/mol. The molecule has 4 aromatic heterocycles. The van der Waals surface area contributed by atoms with Gasteiger partial charge in [-0.05, 0) is 74.6 Å². The molecule has 2 saturated carbocycles. The van der Waals surface area contributed by atoms with Crippen molar-refractivity contribution in [1.29, 1.82) is 0 Å². The van der Waals surface area contributed by atoms with Gasteiger partial charge in [-0.2, -0.15) is 0 Å². The van der Waals surface area contributed by atoms with Crippen LogP contribution in [0.4, 0.5) is 11.6 Å². The van der Waals surface area contributed by atoms with E-state index in [4.69, 9.17) is 5.11 Å². The molecule has 2 aliphatic carbocycles.